The SMILES string of the molecule is CCCCCCCC/C=C\CCCCCCCCCCCCCCCC(=O)N[C@@H](CO[C@@H]1OC(CO)[C@H](O[C@@H]2OC(CO)[C@H](O)[C@H](O)C2O)[C@H](O)C1O)[C@H](O)/C=C/CCCCCCCCCCCCC. The van der Waals surface area contributed by atoms with Crippen LogP contribution in [0.15, 0.2) is 24.3 Å². The van der Waals surface area contributed by atoms with E-state index in [9.17, 15) is 45.6 Å². The number of hydrogen-bond acceptors (Lipinski definition) is 13. The Kier molecular flexibility index (Phi) is 39.5. The summed E-state index contributed by atoms with van der Waals surface area (Å²) in [7, 11) is 0. The third kappa shape index (κ3) is 28.8. The maximum atomic E-state index is 13.2. The van der Waals surface area contributed by atoms with Crippen LogP contribution in [0.2, 0.25) is 0 Å². The molecule has 9 N–H and O–H groups in total. The normalized spacial score (nSPS) is 26.1. The maximum absolute atomic E-state index is 13.2. The van der Waals surface area contributed by atoms with Gasteiger partial charge in [0.15, 0.2) is 12.6 Å². The van der Waals surface area contributed by atoms with E-state index < -0.39 is 86.8 Å². The Labute approximate surface area is 424 Å². The first-order valence-corrected chi connectivity index (χ1v) is 28.6. The zero-order valence-electron chi connectivity index (χ0n) is 44.0. The second kappa shape index (κ2) is 42.8. The van der Waals surface area contributed by atoms with E-state index in [0.717, 1.165) is 38.5 Å². The number of rotatable bonds is 45. The minimum Gasteiger partial charge on any atom is -0.394 e. The number of hydrogen-bond donors (Lipinski definition) is 9. The predicted molar refractivity (Wildman–Crippen MR) is 277 cm³/mol. The molecule has 2 aliphatic rings. The summed E-state index contributed by atoms with van der Waals surface area (Å²) in [5.41, 5.74) is 0. The zero-order chi connectivity index (χ0) is 51.0. The number of allylic oxidation sites excluding steroid dienone is 3. The third-order valence-corrected chi connectivity index (χ3v) is 14.1. The topological polar surface area (TPSA) is 228 Å². The largest absolute Gasteiger partial charge is 0.394 e. The highest BCUT2D eigenvalue weighted by Crippen LogP contribution is 2.30. The van der Waals surface area contributed by atoms with Crippen LogP contribution in [0.25, 0.3) is 0 Å². The Morgan fingerprint density at radius 3 is 1.36 bits per heavy atom. The predicted octanol–water partition coefficient (Wildman–Crippen LogP) is 8.89. The van der Waals surface area contributed by atoms with Crippen molar-refractivity contribution in [3.05, 3.63) is 24.3 Å². The van der Waals surface area contributed by atoms with E-state index in [2.05, 4.69) is 31.3 Å². The number of nitrogens with one attached hydrogen (secondary N) is 1. The second-order valence-corrected chi connectivity index (χ2v) is 20.4. The Hall–Kier alpha value is -1.53. The van der Waals surface area contributed by atoms with Gasteiger partial charge in [-0.3, -0.25) is 4.79 Å². The minimum atomic E-state index is -1.79. The van der Waals surface area contributed by atoms with Gasteiger partial charge in [0.25, 0.3) is 0 Å². The van der Waals surface area contributed by atoms with Gasteiger partial charge < -0.3 is 65.1 Å². The van der Waals surface area contributed by atoms with Gasteiger partial charge in [-0.1, -0.05) is 205 Å². The highest BCUT2D eigenvalue weighted by molar-refractivity contribution is 5.76. The van der Waals surface area contributed by atoms with Crippen molar-refractivity contribution in [2.45, 2.75) is 306 Å². The van der Waals surface area contributed by atoms with Gasteiger partial charge in [-0.15, -0.1) is 0 Å². The molecule has 2 saturated heterocycles. The van der Waals surface area contributed by atoms with Gasteiger partial charge in [0, 0.05) is 6.42 Å². The Bertz CT molecular complexity index is 1270. The number of aliphatic hydroxyl groups is 8. The molecule has 2 heterocycles. The summed E-state index contributed by atoms with van der Waals surface area (Å²) in [5, 5.41) is 86.9. The van der Waals surface area contributed by atoms with Gasteiger partial charge >= 0.3 is 0 Å². The van der Waals surface area contributed by atoms with E-state index >= 15 is 0 Å². The molecule has 0 radical (unpaired) electrons. The van der Waals surface area contributed by atoms with Crippen molar-refractivity contribution in [1.82, 2.24) is 5.32 Å². The fourth-order valence-corrected chi connectivity index (χ4v) is 9.46. The van der Waals surface area contributed by atoms with Crippen LogP contribution in [0.3, 0.4) is 0 Å². The van der Waals surface area contributed by atoms with Crippen LogP contribution in [0.1, 0.15) is 232 Å². The van der Waals surface area contributed by atoms with E-state index in [4.69, 9.17) is 18.9 Å². The standard InChI is InChI=1S/C56H105NO13/c1-3-5-7-9-11-13-15-17-18-19-20-21-22-23-24-25-26-28-30-32-34-36-38-40-48(61)57-44(45(60)39-37-35-33-31-29-27-16-14-12-10-8-6-4-2)43-67-55-53(66)51(64)54(47(42-59)69-55)70-56-52(65)50(63)49(62)46(41-58)68-56/h17-18,37,39,44-47,49-56,58-60,62-66H,3-16,19-36,38,40-43H2,1-2H3,(H,57,61)/b18-17-,39-37+/t44-,45+,46?,47?,49-,50-,51+,52?,53?,54-,55+,56-/m0/s1. The summed E-state index contributed by atoms with van der Waals surface area (Å²) in [6.07, 6.45) is 32.2. The molecule has 0 bridgehead atoms. The molecule has 14 nitrogen and oxygen atoms in total. The molecule has 70 heavy (non-hydrogen) atoms. The van der Waals surface area contributed by atoms with Crippen molar-refractivity contribution in [1.29, 1.82) is 0 Å². The number of carbonyl (C=O) groups excluding carboxylic acids is 1. The van der Waals surface area contributed by atoms with Crippen LogP contribution >= 0.6 is 0 Å². The van der Waals surface area contributed by atoms with Crippen LogP contribution in [0.5, 0.6) is 0 Å². The smallest absolute Gasteiger partial charge is 0.220 e. The van der Waals surface area contributed by atoms with Crippen molar-refractivity contribution in [2.75, 3.05) is 19.8 Å². The molecule has 2 aliphatic heterocycles. The second-order valence-electron chi connectivity index (χ2n) is 20.4. The van der Waals surface area contributed by atoms with Gasteiger partial charge in [0.1, 0.15) is 48.8 Å². The molecule has 14 heteroatoms. The molecule has 4 unspecified atom stereocenters. The summed E-state index contributed by atoms with van der Waals surface area (Å²) < 4.78 is 22.7. The molecular weight excluding hydrogens is 895 g/mol. The van der Waals surface area contributed by atoms with E-state index in [1.54, 1.807) is 6.08 Å². The molecule has 0 aromatic rings. The first-order chi connectivity index (χ1) is 34.1. The lowest BCUT2D eigenvalue weighted by Crippen LogP contribution is -2.65. The van der Waals surface area contributed by atoms with Crippen molar-refractivity contribution in [3.8, 4) is 0 Å². The molecule has 12 atom stereocenters. The van der Waals surface area contributed by atoms with Crippen molar-refractivity contribution in [3.63, 3.8) is 0 Å². The molecule has 412 valence electrons. The van der Waals surface area contributed by atoms with E-state index in [1.165, 1.54) is 167 Å². The van der Waals surface area contributed by atoms with E-state index in [1.807, 2.05) is 6.08 Å². The molecule has 0 aliphatic carbocycles. The maximum Gasteiger partial charge on any atom is 0.220 e. The summed E-state index contributed by atoms with van der Waals surface area (Å²) in [6, 6.07) is -0.911. The van der Waals surface area contributed by atoms with Crippen molar-refractivity contribution in [2.24, 2.45) is 0 Å². The first-order valence-electron chi connectivity index (χ1n) is 28.6. The van der Waals surface area contributed by atoms with Gasteiger partial charge in [0.05, 0.1) is 32.0 Å². The average Bonchev–Trinajstić information content (AvgIpc) is 3.36. The Balaban J connectivity index is 1.75. The van der Waals surface area contributed by atoms with Gasteiger partial charge in [-0.2, -0.15) is 0 Å². The molecule has 0 spiro atoms. The van der Waals surface area contributed by atoms with Gasteiger partial charge in [-0.05, 0) is 44.9 Å². The van der Waals surface area contributed by atoms with Crippen LogP contribution in [-0.2, 0) is 23.7 Å². The van der Waals surface area contributed by atoms with Gasteiger partial charge in [0.2, 0.25) is 5.91 Å². The van der Waals surface area contributed by atoms with E-state index in [0.29, 0.717) is 6.42 Å². The Morgan fingerprint density at radius 2 is 0.900 bits per heavy atom. The van der Waals surface area contributed by atoms with E-state index in [-0.39, 0.29) is 18.9 Å². The highest BCUT2D eigenvalue weighted by atomic mass is 16.7. The lowest BCUT2D eigenvalue weighted by atomic mass is 9.97. The van der Waals surface area contributed by atoms with Crippen molar-refractivity contribution < 1.29 is 64.6 Å². The molecular formula is C56H105NO13. The molecule has 0 aromatic carbocycles. The van der Waals surface area contributed by atoms with Crippen LogP contribution in [0.4, 0.5) is 0 Å². The fraction of sp³-hybridized carbons (Fsp3) is 0.911. The Morgan fingerprint density at radius 1 is 0.500 bits per heavy atom. The first kappa shape index (κ1) is 64.6. The summed E-state index contributed by atoms with van der Waals surface area (Å²) in [6.45, 7) is 2.79. The van der Waals surface area contributed by atoms with Crippen LogP contribution in [0, 0.1) is 0 Å². The molecule has 0 saturated carbocycles. The lowest BCUT2D eigenvalue weighted by Gasteiger charge is -2.46. The summed E-state index contributed by atoms with van der Waals surface area (Å²) >= 11 is 0. The third-order valence-electron chi connectivity index (χ3n) is 14.1. The lowest BCUT2D eigenvalue weighted by molar-refractivity contribution is -0.359. The number of unbranched alkanes of at least 4 members (excludes halogenated alkanes) is 30. The zero-order valence-corrected chi connectivity index (χ0v) is 44.0. The summed E-state index contributed by atoms with van der Waals surface area (Å²) in [4.78, 5) is 13.2. The fourth-order valence-electron chi connectivity index (χ4n) is 9.46. The quantitative estimate of drug-likeness (QED) is 0.0205. The molecule has 0 aromatic heterocycles. The molecule has 2 rings (SSSR count). The van der Waals surface area contributed by atoms with Crippen molar-refractivity contribution >= 4 is 5.91 Å². The van der Waals surface area contributed by atoms with Crippen LogP contribution < -0.4 is 5.32 Å². The number of carbonyl (C=O) groups is 1. The van der Waals surface area contributed by atoms with Gasteiger partial charge in [-0.25, -0.2) is 0 Å². The average molecular weight is 1000 g/mol. The monoisotopic (exact) mass is 1000 g/mol. The number of aliphatic hydroxyl groups excluding tert-OH is 8. The minimum absolute atomic E-state index is 0.238. The summed E-state index contributed by atoms with van der Waals surface area (Å²) in [5.74, 6) is -0.238. The van der Waals surface area contributed by atoms with Crippen LogP contribution in [-0.4, -0.2) is 140 Å². The molecule has 2 fully saturated rings. The number of ether oxygens (including phenoxy) is 4. The molecule has 1 amide bonds. The number of amides is 1. The highest BCUT2D eigenvalue weighted by Gasteiger charge is 2.51.